The zero-order chi connectivity index (χ0) is 26.7. The maximum absolute atomic E-state index is 13.2. The summed E-state index contributed by atoms with van der Waals surface area (Å²) in [7, 11) is 0. The van der Waals surface area contributed by atoms with Gasteiger partial charge in [-0.25, -0.2) is 4.98 Å². The van der Waals surface area contributed by atoms with Crippen molar-refractivity contribution in [3.63, 3.8) is 0 Å². The Balaban J connectivity index is 1.05. The molecule has 3 aromatic carbocycles. The molecule has 4 aliphatic carbocycles. The number of H-pyrrole nitrogens is 1. The van der Waals surface area contributed by atoms with Gasteiger partial charge in [0.2, 0.25) is 0 Å². The summed E-state index contributed by atoms with van der Waals surface area (Å²) in [6, 6.07) is 18.1. The first kappa shape index (κ1) is 24.7. The first-order valence-electron chi connectivity index (χ1n) is 13.6. The Morgan fingerprint density at radius 1 is 0.769 bits per heavy atom. The lowest BCUT2D eigenvalue weighted by molar-refractivity contribution is -0.0119. The molecular formula is C31H28Cl2N4O2. The summed E-state index contributed by atoms with van der Waals surface area (Å²) < 4.78 is 0. The van der Waals surface area contributed by atoms with Gasteiger partial charge >= 0.3 is 0 Å². The molecule has 1 heterocycles. The largest absolute Gasteiger partial charge is 0.349 e. The lowest BCUT2D eigenvalue weighted by Gasteiger charge is -2.54. The number of fused-ring (bicyclic) bond motifs is 1. The number of nitrogens with one attached hydrogen (secondary N) is 3. The standard InChI is InChI=1S/C31H28Cl2N4O2/c32-24-7-6-23(15-25(24)33)34-30(38)19-3-1-18(2-4-19)29-35-26-8-5-20(14-27(26)36-29)31(39)37-28-21-10-16-9-17(12-21)13-22(28)11-16/h1-8,14-17,21-22,28H,9-13H2,(H,34,38)(H,35,36)(H,37,39). The summed E-state index contributed by atoms with van der Waals surface area (Å²) in [4.78, 5) is 34.0. The van der Waals surface area contributed by atoms with Crippen LogP contribution in [-0.2, 0) is 0 Å². The second kappa shape index (κ2) is 9.68. The summed E-state index contributed by atoms with van der Waals surface area (Å²) in [6.45, 7) is 0. The third kappa shape index (κ3) is 4.70. The molecule has 39 heavy (non-hydrogen) atoms. The second-order valence-electron chi connectivity index (χ2n) is 11.4. The number of imidazole rings is 1. The van der Waals surface area contributed by atoms with Gasteiger partial charge in [0.25, 0.3) is 11.8 Å². The Bertz CT molecular complexity index is 1570. The average Bonchev–Trinajstić information content (AvgIpc) is 3.36. The molecule has 0 aliphatic heterocycles. The molecule has 4 saturated carbocycles. The highest BCUT2D eigenvalue weighted by atomic mass is 35.5. The van der Waals surface area contributed by atoms with Crippen molar-refractivity contribution in [2.24, 2.45) is 23.7 Å². The van der Waals surface area contributed by atoms with Crippen molar-refractivity contribution < 1.29 is 9.59 Å². The molecule has 8 rings (SSSR count). The predicted octanol–water partition coefficient (Wildman–Crippen LogP) is 7.34. The minimum absolute atomic E-state index is 0.00265. The van der Waals surface area contributed by atoms with Crippen LogP contribution in [0, 0.1) is 23.7 Å². The molecule has 8 heteroatoms. The fourth-order valence-electron chi connectivity index (χ4n) is 7.24. The van der Waals surface area contributed by atoms with Gasteiger partial charge in [-0.15, -0.1) is 0 Å². The van der Waals surface area contributed by atoms with Crippen LogP contribution in [0.15, 0.2) is 60.7 Å². The molecule has 0 atom stereocenters. The highest BCUT2D eigenvalue weighted by Crippen LogP contribution is 2.53. The van der Waals surface area contributed by atoms with E-state index in [0.717, 1.165) is 28.4 Å². The molecule has 1 aromatic heterocycles. The number of hydrogen-bond donors (Lipinski definition) is 3. The number of anilines is 1. The summed E-state index contributed by atoms with van der Waals surface area (Å²) in [5.74, 6) is 3.48. The maximum Gasteiger partial charge on any atom is 0.255 e. The monoisotopic (exact) mass is 558 g/mol. The van der Waals surface area contributed by atoms with Crippen LogP contribution in [0.25, 0.3) is 22.4 Å². The van der Waals surface area contributed by atoms with E-state index < -0.39 is 0 Å². The number of rotatable bonds is 5. The smallest absolute Gasteiger partial charge is 0.255 e. The molecule has 4 bridgehead atoms. The summed E-state index contributed by atoms with van der Waals surface area (Å²) in [5, 5.41) is 7.03. The van der Waals surface area contributed by atoms with E-state index in [1.165, 1.54) is 32.1 Å². The SMILES string of the molecule is O=C(Nc1ccc(Cl)c(Cl)c1)c1ccc(-c2nc3ccc(C(=O)NC4C5CC6CC(C5)CC4C6)cc3[nH]2)cc1. The van der Waals surface area contributed by atoms with Crippen molar-refractivity contribution in [2.75, 3.05) is 5.32 Å². The van der Waals surface area contributed by atoms with Gasteiger partial charge in [-0.1, -0.05) is 35.3 Å². The summed E-state index contributed by atoms with van der Waals surface area (Å²) in [6.07, 6.45) is 6.50. The lowest BCUT2D eigenvalue weighted by Crippen LogP contribution is -2.55. The molecule has 6 nitrogen and oxygen atoms in total. The van der Waals surface area contributed by atoms with Crippen molar-refractivity contribution in [1.82, 2.24) is 15.3 Å². The minimum atomic E-state index is -0.251. The number of benzene rings is 3. The molecule has 0 radical (unpaired) electrons. The minimum Gasteiger partial charge on any atom is -0.349 e. The van der Waals surface area contributed by atoms with Crippen LogP contribution in [0.2, 0.25) is 10.0 Å². The first-order valence-corrected chi connectivity index (χ1v) is 14.3. The highest BCUT2D eigenvalue weighted by molar-refractivity contribution is 6.42. The molecule has 0 saturated heterocycles. The van der Waals surface area contributed by atoms with Gasteiger partial charge in [0, 0.05) is 28.4 Å². The molecule has 4 aliphatic rings. The van der Waals surface area contributed by atoms with Crippen molar-refractivity contribution in [2.45, 2.75) is 38.1 Å². The van der Waals surface area contributed by atoms with Crippen LogP contribution in [0.3, 0.4) is 0 Å². The van der Waals surface area contributed by atoms with Gasteiger partial charge in [0.1, 0.15) is 5.82 Å². The van der Waals surface area contributed by atoms with E-state index in [-0.39, 0.29) is 11.8 Å². The third-order valence-electron chi connectivity index (χ3n) is 8.87. The van der Waals surface area contributed by atoms with Crippen molar-refractivity contribution in [3.05, 3.63) is 81.8 Å². The molecule has 0 spiro atoms. The van der Waals surface area contributed by atoms with E-state index in [1.54, 1.807) is 30.3 Å². The van der Waals surface area contributed by atoms with Crippen LogP contribution in [0.1, 0.15) is 52.8 Å². The maximum atomic E-state index is 13.2. The number of halogens is 2. The number of hydrogen-bond acceptors (Lipinski definition) is 3. The number of carbonyl (C=O) groups is 2. The Morgan fingerprint density at radius 2 is 1.46 bits per heavy atom. The number of carbonyl (C=O) groups excluding carboxylic acids is 2. The quantitative estimate of drug-likeness (QED) is 0.239. The predicted molar refractivity (Wildman–Crippen MR) is 154 cm³/mol. The Labute approximate surface area is 236 Å². The Kier molecular flexibility index (Phi) is 6.13. The topological polar surface area (TPSA) is 86.9 Å². The van der Waals surface area contributed by atoms with E-state index >= 15 is 0 Å². The van der Waals surface area contributed by atoms with E-state index in [1.807, 2.05) is 30.3 Å². The number of aromatic nitrogens is 2. The zero-order valence-corrected chi connectivity index (χ0v) is 22.7. The van der Waals surface area contributed by atoms with Crippen LogP contribution in [-0.4, -0.2) is 27.8 Å². The van der Waals surface area contributed by atoms with Crippen molar-refractivity contribution in [1.29, 1.82) is 0 Å². The van der Waals surface area contributed by atoms with E-state index in [2.05, 4.69) is 15.6 Å². The molecular weight excluding hydrogens is 531 g/mol. The van der Waals surface area contributed by atoms with Gasteiger partial charge in [-0.3, -0.25) is 9.59 Å². The number of aromatic amines is 1. The average molecular weight is 559 g/mol. The fourth-order valence-corrected chi connectivity index (χ4v) is 7.54. The van der Waals surface area contributed by atoms with E-state index in [0.29, 0.717) is 50.6 Å². The molecule has 4 fully saturated rings. The number of amides is 2. The van der Waals surface area contributed by atoms with Gasteiger partial charge in [0.05, 0.1) is 21.1 Å². The molecule has 198 valence electrons. The van der Waals surface area contributed by atoms with Crippen LogP contribution >= 0.6 is 23.2 Å². The Hall–Kier alpha value is -3.35. The molecule has 3 N–H and O–H groups in total. The van der Waals surface area contributed by atoms with Gasteiger partial charge < -0.3 is 15.6 Å². The summed E-state index contributed by atoms with van der Waals surface area (Å²) in [5.41, 5.74) is 4.17. The highest BCUT2D eigenvalue weighted by Gasteiger charge is 2.48. The normalized spacial score (nSPS) is 25.1. The van der Waals surface area contributed by atoms with Gasteiger partial charge in [-0.05, 0) is 104 Å². The van der Waals surface area contributed by atoms with Crippen LogP contribution < -0.4 is 10.6 Å². The molecule has 4 aromatic rings. The lowest BCUT2D eigenvalue weighted by atomic mass is 9.54. The van der Waals surface area contributed by atoms with Gasteiger partial charge in [-0.2, -0.15) is 0 Å². The Morgan fingerprint density at radius 3 is 2.15 bits per heavy atom. The van der Waals surface area contributed by atoms with Crippen molar-refractivity contribution >= 4 is 51.7 Å². The molecule has 0 unspecified atom stereocenters. The zero-order valence-electron chi connectivity index (χ0n) is 21.2. The van der Waals surface area contributed by atoms with Crippen molar-refractivity contribution in [3.8, 4) is 11.4 Å². The third-order valence-corrected chi connectivity index (χ3v) is 9.61. The van der Waals surface area contributed by atoms with E-state index in [4.69, 9.17) is 28.2 Å². The number of nitrogens with zero attached hydrogens (tertiary/aromatic N) is 1. The van der Waals surface area contributed by atoms with Gasteiger partial charge in [0.15, 0.2) is 0 Å². The first-order chi connectivity index (χ1) is 18.9. The second-order valence-corrected chi connectivity index (χ2v) is 12.2. The van der Waals surface area contributed by atoms with Crippen LogP contribution in [0.4, 0.5) is 5.69 Å². The molecule has 2 amide bonds. The summed E-state index contributed by atoms with van der Waals surface area (Å²) >= 11 is 12.0. The van der Waals surface area contributed by atoms with Crippen LogP contribution in [0.5, 0.6) is 0 Å². The van der Waals surface area contributed by atoms with E-state index in [9.17, 15) is 9.59 Å². The fraction of sp³-hybridized carbons (Fsp3) is 0.323.